The van der Waals surface area contributed by atoms with Gasteiger partial charge in [-0.2, -0.15) is 9.78 Å². The quantitative estimate of drug-likeness (QED) is 0.510. The van der Waals surface area contributed by atoms with E-state index < -0.39 is 23.1 Å². The van der Waals surface area contributed by atoms with Crippen LogP contribution in [0.1, 0.15) is 69.2 Å². The van der Waals surface area contributed by atoms with Crippen LogP contribution in [0.25, 0.3) is 22.4 Å². The van der Waals surface area contributed by atoms with Crippen molar-refractivity contribution < 1.29 is 24.2 Å². The second kappa shape index (κ2) is 8.90. The molecule has 2 aromatic heterocycles. The number of aromatic carboxylic acids is 1. The molecule has 3 aromatic rings. The third-order valence-corrected chi connectivity index (χ3v) is 6.53. The molecule has 1 aliphatic rings. The SMILES string of the molecule is COc1cc2c(cc1-c1cn(C(=O)OC(C)(C)C)nc1C)CC(C(C)(C)C)n1cc(C(=O)O)c(=O)cc1-2. The average molecular weight is 508 g/mol. The number of hydrogen-bond acceptors (Lipinski definition) is 6. The van der Waals surface area contributed by atoms with Crippen molar-refractivity contribution in [3.63, 3.8) is 0 Å². The third kappa shape index (κ3) is 4.90. The molecular formula is C28H33N3O6. The minimum Gasteiger partial charge on any atom is -0.496 e. The van der Waals surface area contributed by atoms with Gasteiger partial charge in [-0.25, -0.2) is 9.59 Å². The Kier molecular flexibility index (Phi) is 6.30. The van der Waals surface area contributed by atoms with E-state index in [0.717, 1.165) is 22.3 Å². The van der Waals surface area contributed by atoms with Gasteiger partial charge in [-0.15, -0.1) is 0 Å². The van der Waals surface area contributed by atoms with Crippen molar-refractivity contribution in [1.29, 1.82) is 0 Å². The summed E-state index contributed by atoms with van der Waals surface area (Å²) in [5.74, 6) is -0.703. The molecule has 0 spiro atoms. The average Bonchev–Trinajstić information content (AvgIpc) is 3.17. The highest BCUT2D eigenvalue weighted by molar-refractivity contribution is 5.88. The smallest absolute Gasteiger partial charge is 0.435 e. The summed E-state index contributed by atoms with van der Waals surface area (Å²) in [4.78, 5) is 37.0. The molecule has 1 atom stereocenters. The summed E-state index contributed by atoms with van der Waals surface area (Å²) >= 11 is 0. The van der Waals surface area contributed by atoms with Crippen molar-refractivity contribution in [1.82, 2.24) is 14.3 Å². The van der Waals surface area contributed by atoms with E-state index in [1.165, 1.54) is 16.9 Å². The summed E-state index contributed by atoms with van der Waals surface area (Å²) in [6.07, 6.45) is 3.13. The van der Waals surface area contributed by atoms with Crippen molar-refractivity contribution >= 4 is 12.1 Å². The van der Waals surface area contributed by atoms with Gasteiger partial charge in [0.05, 0.1) is 18.5 Å². The monoisotopic (exact) mass is 507 g/mol. The first-order chi connectivity index (χ1) is 17.1. The Bertz CT molecular complexity index is 1470. The van der Waals surface area contributed by atoms with Gasteiger partial charge >= 0.3 is 12.1 Å². The zero-order chi connectivity index (χ0) is 27.4. The van der Waals surface area contributed by atoms with Crippen LogP contribution in [-0.4, -0.2) is 44.2 Å². The van der Waals surface area contributed by atoms with Gasteiger partial charge in [0.2, 0.25) is 0 Å². The maximum absolute atomic E-state index is 12.7. The highest BCUT2D eigenvalue weighted by Crippen LogP contribution is 2.46. The molecule has 37 heavy (non-hydrogen) atoms. The first-order valence-corrected chi connectivity index (χ1v) is 12.1. The zero-order valence-corrected chi connectivity index (χ0v) is 22.5. The predicted molar refractivity (Wildman–Crippen MR) is 139 cm³/mol. The van der Waals surface area contributed by atoms with Crippen molar-refractivity contribution in [3.05, 3.63) is 57.6 Å². The maximum atomic E-state index is 12.7. The van der Waals surface area contributed by atoms with Crippen LogP contribution in [0, 0.1) is 12.3 Å². The van der Waals surface area contributed by atoms with Crippen molar-refractivity contribution in [2.24, 2.45) is 5.41 Å². The maximum Gasteiger partial charge on any atom is 0.435 e. The number of pyridine rings is 1. The molecule has 1 aromatic carbocycles. The van der Waals surface area contributed by atoms with E-state index >= 15 is 0 Å². The van der Waals surface area contributed by atoms with Gasteiger partial charge in [0.25, 0.3) is 0 Å². The number of benzene rings is 1. The first-order valence-electron chi connectivity index (χ1n) is 12.1. The molecule has 9 heteroatoms. The summed E-state index contributed by atoms with van der Waals surface area (Å²) in [6.45, 7) is 13.5. The van der Waals surface area contributed by atoms with Crippen LogP contribution in [-0.2, 0) is 11.2 Å². The molecule has 3 heterocycles. The summed E-state index contributed by atoms with van der Waals surface area (Å²) in [5.41, 5.74) is 2.86. The molecule has 0 radical (unpaired) electrons. The van der Waals surface area contributed by atoms with E-state index in [1.54, 1.807) is 34.1 Å². The molecule has 1 unspecified atom stereocenters. The molecule has 0 saturated heterocycles. The van der Waals surface area contributed by atoms with Gasteiger partial charge in [-0.3, -0.25) is 4.79 Å². The van der Waals surface area contributed by atoms with Crippen molar-refractivity contribution in [2.45, 2.75) is 66.5 Å². The normalized spacial score (nSPS) is 15.1. The minimum atomic E-state index is -1.25. The van der Waals surface area contributed by atoms with Gasteiger partial charge < -0.3 is 19.1 Å². The number of methoxy groups -OCH3 is 1. The molecule has 1 N–H and O–H groups in total. The standard InChI is InChI=1S/C28H33N3O6/c1-15-19(14-31(29-15)26(35)37-28(5,6)7)18-9-16-10-24(27(2,3)4)30-13-20(25(33)34)22(32)12-21(30)17(16)11-23(18)36-8/h9,11-14,24H,10H2,1-8H3,(H,33,34). The van der Waals surface area contributed by atoms with Gasteiger partial charge in [0, 0.05) is 41.2 Å². The molecule has 0 bridgehead atoms. The first kappa shape index (κ1) is 26.2. The summed E-state index contributed by atoms with van der Waals surface area (Å²) < 4.78 is 14.3. The lowest BCUT2D eigenvalue weighted by molar-refractivity contribution is 0.0513. The van der Waals surface area contributed by atoms with Crippen LogP contribution in [0.2, 0.25) is 0 Å². The highest BCUT2D eigenvalue weighted by atomic mass is 16.6. The van der Waals surface area contributed by atoms with E-state index in [1.807, 2.05) is 23.6 Å². The molecule has 1 aliphatic heterocycles. The van der Waals surface area contributed by atoms with Crippen LogP contribution in [0.3, 0.4) is 0 Å². The summed E-state index contributed by atoms with van der Waals surface area (Å²) in [5, 5.41) is 13.9. The van der Waals surface area contributed by atoms with Gasteiger partial charge in [0.15, 0.2) is 5.43 Å². The van der Waals surface area contributed by atoms with E-state index in [-0.39, 0.29) is 17.0 Å². The fourth-order valence-corrected chi connectivity index (χ4v) is 4.75. The van der Waals surface area contributed by atoms with Crippen molar-refractivity contribution in [2.75, 3.05) is 7.11 Å². The summed E-state index contributed by atoms with van der Waals surface area (Å²) in [6, 6.07) is 5.17. The number of nitrogens with zero attached hydrogens (tertiary/aromatic N) is 3. The Morgan fingerprint density at radius 2 is 1.70 bits per heavy atom. The van der Waals surface area contributed by atoms with Crippen molar-refractivity contribution in [3.8, 4) is 28.1 Å². The Hall–Kier alpha value is -3.88. The van der Waals surface area contributed by atoms with Gasteiger partial charge in [-0.1, -0.05) is 20.8 Å². The Morgan fingerprint density at radius 1 is 1.03 bits per heavy atom. The Morgan fingerprint density at radius 3 is 2.27 bits per heavy atom. The fourth-order valence-electron chi connectivity index (χ4n) is 4.75. The second-order valence-corrected chi connectivity index (χ2v) is 11.5. The van der Waals surface area contributed by atoms with Crippen LogP contribution >= 0.6 is 0 Å². The van der Waals surface area contributed by atoms with Gasteiger partial charge in [0.1, 0.15) is 16.9 Å². The fraction of sp³-hybridized carbons (Fsp3) is 0.429. The van der Waals surface area contributed by atoms with E-state index in [9.17, 15) is 19.5 Å². The number of carbonyl (C=O) groups is 2. The van der Waals surface area contributed by atoms with Crippen LogP contribution < -0.4 is 10.2 Å². The molecular weight excluding hydrogens is 474 g/mol. The Balaban J connectivity index is 1.90. The molecule has 196 valence electrons. The van der Waals surface area contributed by atoms with E-state index in [2.05, 4.69) is 25.9 Å². The second-order valence-electron chi connectivity index (χ2n) is 11.5. The molecule has 0 aliphatic carbocycles. The zero-order valence-electron chi connectivity index (χ0n) is 22.5. The number of rotatable bonds is 3. The van der Waals surface area contributed by atoms with Crippen LogP contribution in [0.15, 0.2) is 35.4 Å². The molecule has 4 rings (SSSR count). The largest absolute Gasteiger partial charge is 0.496 e. The molecule has 9 nitrogen and oxygen atoms in total. The third-order valence-electron chi connectivity index (χ3n) is 6.53. The number of carboxylic acids is 1. The number of fused-ring (bicyclic) bond motifs is 3. The number of hydrogen-bond donors (Lipinski definition) is 1. The van der Waals surface area contributed by atoms with Crippen LogP contribution in [0.5, 0.6) is 5.75 Å². The molecule has 0 amide bonds. The Labute approximate surface area is 215 Å². The molecule has 0 fully saturated rings. The predicted octanol–water partition coefficient (Wildman–Crippen LogP) is 5.32. The lowest BCUT2D eigenvalue weighted by Gasteiger charge is -2.39. The highest BCUT2D eigenvalue weighted by Gasteiger charge is 2.34. The molecule has 0 saturated carbocycles. The lowest BCUT2D eigenvalue weighted by Crippen LogP contribution is -2.32. The number of carbonyl (C=O) groups excluding carboxylic acids is 1. The minimum absolute atomic E-state index is 0.0967. The topological polar surface area (TPSA) is 113 Å². The summed E-state index contributed by atoms with van der Waals surface area (Å²) in [7, 11) is 1.56. The number of carboxylic acid groups (broad SMARTS) is 1. The lowest BCUT2D eigenvalue weighted by atomic mass is 9.78. The van der Waals surface area contributed by atoms with E-state index in [0.29, 0.717) is 23.6 Å². The van der Waals surface area contributed by atoms with Crippen LogP contribution in [0.4, 0.5) is 4.79 Å². The van der Waals surface area contributed by atoms with E-state index in [4.69, 9.17) is 9.47 Å². The number of aromatic nitrogens is 3. The number of aryl methyl sites for hydroxylation is 1. The van der Waals surface area contributed by atoms with Gasteiger partial charge in [-0.05, 0) is 57.2 Å². The number of ether oxygens (including phenoxy) is 2.